The molecule has 1 aliphatic heterocycles. The number of aliphatic hydroxyl groups excluding tert-OH is 2. The van der Waals surface area contributed by atoms with Crippen molar-refractivity contribution in [3.8, 4) is 22.4 Å². The van der Waals surface area contributed by atoms with Crippen LogP contribution in [0.15, 0.2) is 65.9 Å². The number of rotatable bonds is 9. The molecule has 0 bridgehead atoms. The van der Waals surface area contributed by atoms with Crippen LogP contribution >= 0.6 is 0 Å². The summed E-state index contributed by atoms with van der Waals surface area (Å²) in [6.07, 6.45) is 9.60. The van der Waals surface area contributed by atoms with Gasteiger partial charge in [0.2, 0.25) is 11.8 Å². The zero-order chi connectivity index (χ0) is 39.1. The second-order valence-corrected chi connectivity index (χ2v) is 18.7. The highest BCUT2D eigenvalue weighted by atomic mass is 16.3. The van der Waals surface area contributed by atoms with E-state index in [4.69, 9.17) is 9.98 Å². The fourth-order valence-electron chi connectivity index (χ4n) is 8.40. The molecule has 3 aromatic rings. The Kier molecular flexibility index (Phi) is 11.2. The maximum Gasteiger partial charge on any atom is 0.229 e. The standard InChI is InChI=1S/C45H61N5O4/c1-42(2,3)37(49-40(53)44(7)23-11-9-13-35(44)51)33-25-32(26-46-33)30-17-15-28(16-18-30)29-19-21-31(22-20-29)34-27-47-39(48-34)38(43(4,5)6)50-41(54)45(8)24-12-10-14-36(45)52/h15-22,26-27,35-38,51-52H,9-14,23-25H2,1-8H3,(H,47,48)(H,49,53)(H,50,54)/t35?,36?,37-,38?,44?,45?/m1/s1. The van der Waals surface area contributed by atoms with Crippen LogP contribution in [0.4, 0.5) is 0 Å². The molecular weight excluding hydrogens is 675 g/mol. The lowest BCUT2D eigenvalue weighted by atomic mass is 9.72. The van der Waals surface area contributed by atoms with Crippen molar-refractivity contribution in [2.75, 3.05) is 0 Å². The van der Waals surface area contributed by atoms with Crippen molar-refractivity contribution in [2.45, 2.75) is 137 Å². The van der Waals surface area contributed by atoms with Gasteiger partial charge in [-0.15, -0.1) is 0 Å². The van der Waals surface area contributed by atoms with Gasteiger partial charge in [-0.2, -0.15) is 0 Å². The number of aliphatic imine (C=N–C) groups is 1. The molecule has 54 heavy (non-hydrogen) atoms. The third-order valence-corrected chi connectivity index (χ3v) is 12.4. The maximum absolute atomic E-state index is 13.6. The lowest BCUT2D eigenvalue weighted by Gasteiger charge is -2.40. The largest absolute Gasteiger partial charge is 0.392 e. The van der Waals surface area contributed by atoms with Crippen molar-refractivity contribution in [3.63, 3.8) is 0 Å². The molecule has 290 valence electrons. The molecule has 2 fully saturated rings. The van der Waals surface area contributed by atoms with Crippen molar-refractivity contribution in [1.82, 2.24) is 20.6 Å². The lowest BCUT2D eigenvalue weighted by Crippen LogP contribution is -2.56. The van der Waals surface area contributed by atoms with E-state index in [2.05, 4.69) is 106 Å². The summed E-state index contributed by atoms with van der Waals surface area (Å²) in [5.41, 5.74) is 5.08. The molecule has 0 radical (unpaired) electrons. The Balaban J connectivity index is 1.10. The Hall–Kier alpha value is -4.08. The molecule has 9 heteroatoms. The van der Waals surface area contributed by atoms with E-state index >= 15 is 0 Å². The number of amides is 2. The Morgan fingerprint density at radius 2 is 1.19 bits per heavy atom. The van der Waals surface area contributed by atoms with Crippen molar-refractivity contribution in [3.05, 3.63) is 72.3 Å². The summed E-state index contributed by atoms with van der Waals surface area (Å²) in [5.74, 6) is 0.488. The normalized spacial score (nSPS) is 26.0. The van der Waals surface area contributed by atoms with E-state index in [0.29, 0.717) is 37.9 Å². The number of allylic oxidation sites excluding steroid dienone is 1. The third kappa shape index (κ3) is 8.13. The van der Waals surface area contributed by atoms with Gasteiger partial charge in [0.15, 0.2) is 0 Å². The lowest BCUT2D eigenvalue weighted by molar-refractivity contribution is -0.142. The first-order chi connectivity index (χ1) is 25.4. The van der Waals surface area contributed by atoms with Gasteiger partial charge < -0.3 is 25.8 Å². The van der Waals surface area contributed by atoms with Gasteiger partial charge in [-0.25, -0.2) is 4.98 Å². The molecule has 2 saturated carbocycles. The maximum atomic E-state index is 13.6. The zero-order valence-corrected chi connectivity index (χ0v) is 33.6. The van der Waals surface area contributed by atoms with E-state index in [1.54, 1.807) is 0 Å². The van der Waals surface area contributed by atoms with Gasteiger partial charge in [-0.3, -0.25) is 14.6 Å². The molecule has 5 N–H and O–H groups in total. The Morgan fingerprint density at radius 3 is 1.67 bits per heavy atom. The Labute approximate surface area is 321 Å². The van der Waals surface area contributed by atoms with Gasteiger partial charge >= 0.3 is 0 Å². The summed E-state index contributed by atoms with van der Waals surface area (Å²) < 4.78 is 0. The molecule has 2 amide bonds. The van der Waals surface area contributed by atoms with Crippen LogP contribution in [0.1, 0.15) is 131 Å². The number of hydrogen-bond acceptors (Lipinski definition) is 6. The Bertz CT molecular complexity index is 1880. The highest BCUT2D eigenvalue weighted by Gasteiger charge is 2.46. The summed E-state index contributed by atoms with van der Waals surface area (Å²) >= 11 is 0. The quantitative estimate of drug-likeness (QED) is 0.150. The minimum Gasteiger partial charge on any atom is -0.392 e. The first kappa shape index (κ1) is 39.6. The molecule has 9 nitrogen and oxygen atoms in total. The number of benzene rings is 2. The van der Waals surface area contributed by atoms with E-state index in [-0.39, 0.29) is 34.7 Å². The zero-order valence-electron chi connectivity index (χ0n) is 33.6. The van der Waals surface area contributed by atoms with Crippen LogP contribution < -0.4 is 10.6 Å². The molecule has 2 aliphatic carbocycles. The number of aromatic amines is 1. The van der Waals surface area contributed by atoms with Crippen LogP contribution in [0.2, 0.25) is 0 Å². The highest BCUT2D eigenvalue weighted by Crippen LogP contribution is 2.40. The van der Waals surface area contributed by atoms with E-state index in [1.807, 2.05) is 26.2 Å². The first-order valence-corrected chi connectivity index (χ1v) is 19.9. The van der Waals surface area contributed by atoms with Crippen LogP contribution in [0.5, 0.6) is 0 Å². The van der Waals surface area contributed by atoms with Gasteiger partial charge in [-0.1, -0.05) is 116 Å². The van der Waals surface area contributed by atoms with Gasteiger partial charge in [0.1, 0.15) is 5.82 Å². The van der Waals surface area contributed by atoms with E-state index < -0.39 is 23.0 Å². The summed E-state index contributed by atoms with van der Waals surface area (Å²) in [6, 6.07) is 16.3. The number of nitrogens with zero attached hydrogens (tertiary/aromatic N) is 2. The minimum atomic E-state index is -0.803. The van der Waals surface area contributed by atoms with Crippen LogP contribution in [-0.2, 0) is 9.59 Å². The Morgan fingerprint density at radius 1 is 0.722 bits per heavy atom. The number of aliphatic hydroxyl groups is 2. The number of carbonyl (C=O) groups excluding carboxylic acids is 2. The molecule has 3 aliphatic rings. The van der Waals surface area contributed by atoms with E-state index in [9.17, 15) is 19.8 Å². The van der Waals surface area contributed by atoms with Crippen molar-refractivity contribution in [2.24, 2.45) is 26.7 Å². The predicted molar refractivity (Wildman–Crippen MR) is 216 cm³/mol. The monoisotopic (exact) mass is 735 g/mol. The number of H-pyrrole nitrogens is 1. The molecule has 5 unspecified atom stereocenters. The molecule has 2 aromatic carbocycles. The SMILES string of the molecule is CC(C)(C)C(NC(=O)C1(C)CCCCC1O)c1ncc(-c2ccc(-c3ccc(C4=CN=C([C@@H](NC(=O)C5(C)CCCCC5O)C(C)(C)C)C4)cc3)cc2)[nH]1. The third-order valence-electron chi connectivity index (χ3n) is 12.4. The van der Waals surface area contributed by atoms with Crippen LogP contribution in [0.25, 0.3) is 28.0 Å². The van der Waals surface area contributed by atoms with Crippen LogP contribution in [0.3, 0.4) is 0 Å². The fraction of sp³-hybridized carbons (Fsp3) is 0.556. The van der Waals surface area contributed by atoms with Gasteiger partial charge in [-0.05, 0) is 78.2 Å². The molecule has 1 aromatic heterocycles. The van der Waals surface area contributed by atoms with Gasteiger partial charge in [0.25, 0.3) is 0 Å². The summed E-state index contributed by atoms with van der Waals surface area (Å²) in [6.45, 7) is 16.4. The average molecular weight is 736 g/mol. The molecule has 6 atom stereocenters. The number of nitrogens with one attached hydrogen (secondary N) is 3. The average Bonchev–Trinajstić information content (AvgIpc) is 3.82. The summed E-state index contributed by atoms with van der Waals surface area (Å²) in [4.78, 5) is 40.1. The predicted octanol–water partition coefficient (Wildman–Crippen LogP) is 8.55. The first-order valence-electron chi connectivity index (χ1n) is 19.9. The fourth-order valence-corrected chi connectivity index (χ4v) is 8.40. The molecule has 6 rings (SSSR count). The minimum absolute atomic E-state index is 0.0856. The molecule has 2 heterocycles. The molecule has 0 saturated heterocycles. The topological polar surface area (TPSA) is 140 Å². The van der Waals surface area contributed by atoms with Gasteiger partial charge in [0, 0.05) is 18.3 Å². The molecule has 0 spiro atoms. The summed E-state index contributed by atoms with van der Waals surface area (Å²) in [7, 11) is 0. The number of aromatic nitrogens is 2. The number of imidazole rings is 1. The van der Waals surface area contributed by atoms with Crippen LogP contribution in [-0.4, -0.2) is 56.0 Å². The van der Waals surface area contributed by atoms with Gasteiger partial charge in [0.05, 0.1) is 47.0 Å². The smallest absolute Gasteiger partial charge is 0.229 e. The van der Waals surface area contributed by atoms with Crippen molar-refractivity contribution in [1.29, 1.82) is 0 Å². The summed E-state index contributed by atoms with van der Waals surface area (Å²) in [5, 5.41) is 28.0. The van der Waals surface area contributed by atoms with Crippen LogP contribution in [0, 0.1) is 21.7 Å². The number of hydrogen-bond donors (Lipinski definition) is 5. The number of carbonyl (C=O) groups is 2. The van der Waals surface area contributed by atoms with E-state index in [0.717, 1.165) is 64.9 Å². The van der Waals surface area contributed by atoms with E-state index in [1.165, 1.54) is 0 Å². The second kappa shape index (κ2) is 15.2. The van der Waals surface area contributed by atoms with Crippen molar-refractivity contribution >= 4 is 23.1 Å². The molecular formula is C45H61N5O4. The second-order valence-electron chi connectivity index (χ2n) is 18.7. The van der Waals surface area contributed by atoms with Crippen molar-refractivity contribution < 1.29 is 19.8 Å². The highest BCUT2D eigenvalue weighted by molar-refractivity contribution is 6.04.